The summed E-state index contributed by atoms with van der Waals surface area (Å²) in [5.41, 5.74) is -1.90. The average molecular weight is 269 g/mol. The smallest absolute Gasteiger partial charge is 0.417 e. The Bertz CT molecular complexity index is 480. The predicted octanol–water partition coefficient (Wildman–Crippen LogP) is 3.51. The van der Waals surface area contributed by atoms with E-state index in [1.165, 1.54) is 0 Å². The van der Waals surface area contributed by atoms with Gasteiger partial charge in [0, 0.05) is 6.08 Å². The number of hydrogen-bond acceptors (Lipinski definition) is 1. The average Bonchev–Trinajstić information content (AvgIpc) is 2.17. The van der Waals surface area contributed by atoms with Crippen LogP contribution in [0.3, 0.4) is 0 Å². The van der Waals surface area contributed by atoms with Crippen LogP contribution in [-0.2, 0) is 4.79 Å². The molecule has 0 bridgehead atoms. The lowest BCUT2D eigenvalue weighted by Gasteiger charge is -2.11. The van der Waals surface area contributed by atoms with Crippen molar-refractivity contribution in [3.8, 4) is 0 Å². The van der Waals surface area contributed by atoms with E-state index in [-0.39, 0.29) is 6.08 Å². The molecule has 1 aromatic carbocycles. The molecule has 0 aliphatic rings. The van der Waals surface area contributed by atoms with Gasteiger partial charge in [0.05, 0.1) is 10.6 Å². The van der Waals surface area contributed by atoms with Gasteiger partial charge in [-0.25, -0.2) is 9.18 Å². The maximum absolute atomic E-state index is 12.8. The third-order valence-corrected chi connectivity index (χ3v) is 2.09. The van der Waals surface area contributed by atoms with Crippen molar-refractivity contribution in [1.82, 2.24) is 0 Å². The molecule has 2 nitrogen and oxygen atoms in total. The van der Waals surface area contributed by atoms with E-state index >= 15 is 0 Å². The first-order valence-electron chi connectivity index (χ1n) is 4.19. The molecule has 0 amide bonds. The second-order valence-corrected chi connectivity index (χ2v) is 3.43. The number of aliphatic carboxylic acids is 1. The van der Waals surface area contributed by atoms with Crippen molar-refractivity contribution in [3.05, 3.63) is 40.7 Å². The van der Waals surface area contributed by atoms with Crippen LogP contribution in [0.25, 0.3) is 5.57 Å². The highest BCUT2D eigenvalue weighted by atomic mass is 35.5. The predicted molar refractivity (Wildman–Crippen MR) is 53.1 cm³/mol. The topological polar surface area (TPSA) is 37.3 Å². The van der Waals surface area contributed by atoms with Gasteiger partial charge in [-0.1, -0.05) is 17.7 Å². The maximum atomic E-state index is 12.8. The lowest BCUT2D eigenvalue weighted by molar-refractivity contribution is -0.131. The summed E-state index contributed by atoms with van der Waals surface area (Å²) in [4.78, 5) is 10.3. The van der Waals surface area contributed by atoms with Crippen LogP contribution in [0.2, 0.25) is 5.02 Å². The fraction of sp³-hybridized carbons (Fsp3) is 0.100. The van der Waals surface area contributed by atoms with Crippen LogP contribution in [0.1, 0.15) is 5.56 Å². The van der Waals surface area contributed by atoms with Gasteiger partial charge >= 0.3 is 12.1 Å². The van der Waals surface area contributed by atoms with Gasteiger partial charge in [0.1, 0.15) is 5.82 Å². The SMILES string of the molecule is O=C(O)/C=C(\c1ccc(F)c(Cl)c1)C(F)(F)F. The molecular weight excluding hydrogens is 264 g/mol. The number of alkyl halides is 3. The molecule has 0 aliphatic carbocycles. The number of carboxylic acids is 1. The van der Waals surface area contributed by atoms with E-state index in [2.05, 4.69) is 0 Å². The zero-order chi connectivity index (χ0) is 13.2. The van der Waals surface area contributed by atoms with E-state index in [0.717, 1.165) is 18.2 Å². The molecule has 0 atom stereocenters. The summed E-state index contributed by atoms with van der Waals surface area (Å²) in [5, 5.41) is 7.84. The Hall–Kier alpha value is -1.56. The molecule has 92 valence electrons. The molecule has 0 saturated heterocycles. The molecule has 0 fully saturated rings. The number of halogens is 5. The molecule has 0 heterocycles. The molecule has 0 radical (unpaired) electrons. The molecule has 0 unspecified atom stereocenters. The molecule has 1 N–H and O–H groups in total. The minimum atomic E-state index is -4.86. The Morgan fingerprint density at radius 3 is 2.35 bits per heavy atom. The van der Waals surface area contributed by atoms with Crippen LogP contribution in [0, 0.1) is 5.82 Å². The summed E-state index contributed by atoms with van der Waals surface area (Å²) in [7, 11) is 0. The van der Waals surface area contributed by atoms with Gasteiger partial charge < -0.3 is 5.11 Å². The Morgan fingerprint density at radius 2 is 1.94 bits per heavy atom. The van der Waals surface area contributed by atoms with Crippen molar-refractivity contribution in [1.29, 1.82) is 0 Å². The van der Waals surface area contributed by atoms with Gasteiger partial charge in [-0.15, -0.1) is 0 Å². The zero-order valence-electron chi connectivity index (χ0n) is 8.05. The molecule has 0 saturated carbocycles. The van der Waals surface area contributed by atoms with E-state index in [0.29, 0.717) is 0 Å². The summed E-state index contributed by atoms with van der Waals surface area (Å²) < 4.78 is 50.4. The number of rotatable bonds is 2. The van der Waals surface area contributed by atoms with E-state index in [1.807, 2.05) is 0 Å². The molecule has 1 aromatic rings. The van der Waals surface area contributed by atoms with Crippen molar-refractivity contribution < 1.29 is 27.5 Å². The van der Waals surface area contributed by atoms with Crippen molar-refractivity contribution in [3.63, 3.8) is 0 Å². The van der Waals surface area contributed by atoms with Crippen molar-refractivity contribution >= 4 is 23.1 Å². The summed E-state index contributed by atoms with van der Waals surface area (Å²) in [6.45, 7) is 0. The Morgan fingerprint density at radius 1 is 1.35 bits per heavy atom. The third-order valence-electron chi connectivity index (χ3n) is 1.80. The maximum Gasteiger partial charge on any atom is 0.417 e. The highest BCUT2D eigenvalue weighted by molar-refractivity contribution is 6.30. The van der Waals surface area contributed by atoms with Crippen LogP contribution in [0.4, 0.5) is 17.6 Å². The van der Waals surface area contributed by atoms with Crippen LogP contribution < -0.4 is 0 Å². The molecule has 17 heavy (non-hydrogen) atoms. The Kier molecular flexibility index (Phi) is 3.77. The Balaban J connectivity index is 3.33. The van der Waals surface area contributed by atoms with E-state index in [9.17, 15) is 22.4 Å². The largest absolute Gasteiger partial charge is 0.478 e. The number of carbonyl (C=O) groups is 1. The number of allylic oxidation sites excluding steroid dienone is 1. The summed E-state index contributed by atoms with van der Waals surface area (Å²) in [6, 6.07) is 2.27. The van der Waals surface area contributed by atoms with Crippen LogP contribution >= 0.6 is 11.6 Å². The first-order chi connectivity index (χ1) is 7.71. The number of benzene rings is 1. The lowest BCUT2D eigenvalue weighted by Crippen LogP contribution is -2.12. The first-order valence-corrected chi connectivity index (χ1v) is 4.57. The molecule has 1 rings (SSSR count). The standard InChI is InChI=1S/C10H5ClF4O2/c11-7-3-5(1-2-8(7)12)6(4-9(16)17)10(13,14)15/h1-4H,(H,16,17)/b6-4+. The lowest BCUT2D eigenvalue weighted by atomic mass is 10.1. The second-order valence-electron chi connectivity index (χ2n) is 3.02. The van der Waals surface area contributed by atoms with Gasteiger partial charge in [-0.05, 0) is 17.7 Å². The number of carboxylic acid groups (broad SMARTS) is 1. The van der Waals surface area contributed by atoms with Crippen LogP contribution in [0.15, 0.2) is 24.3 Å². The highest BCUT2D eigenvalue weighted by Crippen LogP contribution is 2.35. The van der Waals surface area contributed by atoms with Gasteiger partial charge in [0.2, 0.25) is 0 Å². The molecule has 0 aromatic heterocycles. The molecule has 0 spiro atoms. The second kappa shape index (κ2) is 4.75. The van der Waals surface area contributed by atoms with Gasteiger partial charge in [0.15, 0.2) is 0 Å². The normalized spacial score (nSPS) is 12.6. The monoisotopic (exact) mass is 268 g/mol. The van der Waals surface area contributed by atoms with Crippen LogP contribution in [-0.4, -0.2) is 17.3 Å². The van der Waals surface area contributed by atoms with Crippen molar-refractivity contribution in [2.75, 3.05) is 0 Å². The molecule has 7 heteroatoms. The summed E-state index contributed by atoms with van der Waals surface area (Å²) in [6.07, 6.45) is -4.86. The minimum Gasteiger partial charge on any atom is -0.478 e. The minimum absolute atomic E-state index is 0.00354. The molecular formula is C10H5ClF4O2. The van der Waals surface area contributed by atoms with Crippen molar-refractivity contribution in [2.24, 2.45) is 0 Å². The van der Waals surface area contributed by atoms with Crippen molar-refractivity contribution in [2.45, 2.75) is 6.18 Å². The Labute approximate surface area is 98.1 Å². The molecule has 0 aliphatic heterocycles. The zero-order valence-corrected chi connectivity index (χ0v) is 8.81. The third kappa shape index (κ3) is 3.45. The summed E-state index contributed by atoms with van der Waals surface area (Å²) >= 11 is 5.33. The quantitative estimate of drug-likeness (QED) is 0.658. The van der Waals surface area contributed by atoms with Gasteiger partial charge in [0.25, 0.3) is 0 Å². The fourth-order valence-electron chi connectivity index (χ4n) is 1.12. The van der Waals surface area contributed by atoms with Gasteiger partial charge in [-0.3, -0.25) is 0 Å². The van der Waals surface area contributed by atoms with Crippen LogP contribution in [0.5, 0.6) is 0 Å². The summed E-state index contributed by atoms with van der Waals surface area (Å²) in [5.74, 6) is -2.63. The van der Waals surface area contributed by atoms with E-state index in [4.69, 9.17) is 16.7 Å². The fourth-order valence-corrected chi connectivity index (χ4v) is 1.30. The highest BCUT2D eigenvalue weighted by Gasteiger charge is 2.35. The van der Waals surface area contributed by atoms with E-state index in [1.54, 1.807) is 0 Å². The van der Waals surface area contributed by atoms with Gasteiger partial charge in [-0.2, -0.15) is 13.2 Å². The number of hydrogen-bond donors (Lipinski definition) is 1. The van der Waals surface area contributed by atoms with E-state index < -0.39 is 34.1 Å². The first kappa shape index (κ1) is 13.5.